The first-order valence-electron chi connectivity index (χ1n) is 11.8. The SMILES string of the molecule is Cc1ccc(OP2OCCCO2)c(Cc2c(P3OCCCO3)cc(C)cc2P2OCCCO2)c1. The number of benzene rings is 2. The van der Waals surface area contributed by atoms with Crippen LogP contribution in [0, 0.1) is 13.8 Å². The van der Waals surface area contributed by atoms with E-state index >= 15 is 0 Å². The second kappa shape index (κ2) is 12.0. The molecule has 10 heteroatoms. The fraction of sp³-hybridized carbons (Fsp3) is 0.500. The van der Waals surface area contributed by atoms with Crippen LogP contribution in [0.15, 0.2) is 30.3 Å². The zero-order chi connectivity index (χ0) is 23.3. The molecule has 0 saturated carbocycles. The predicted molar refractivity (Wildman–Crippen MR) is 135 cm³/mol. The third kappa shape index (κ3) is 6.16. The summed E-state index contributed by atoms with van der Waals surface area (Å²) in [5, 5.41) is 2.21. The van der Waals surface area contributed by atoms with Gasteiger partial charge in [-0.05, 0) is 68.0 Å². The van der Waals surface area contributed by atoms with Gasteiger partial charge >= 0.3 is 8.60 Å². The van der Waals surface area contributed by atoms with Gasteiger partial charge in [0.15, 0.2) is 0 Å². The van der Waals surface area contributed by atoms with Crippen molar-refractivity contribution in [3.63, 3.8) is 0 Å². The van der Waals surface area contributed by atoms with E-state index in [4.69, 9.17) is 31.7 Å². The molecular formula is C24H31O7P3. The molecule has 0 amide bonds. The summed E-state index contributed by atoms with van der Waals surface area (Å²) in [5.74, 6) is 0.785. The smallest absolute Gasteiger partial charge is 0.397 e. The zero-order valence-corrected chi connectivity index (χ0v) is 22.3. The summed E-state index contributed by atoms with van der Waals surface area (Å²) in [6.45, 7) is 8.40. The van der Waals surface area contributed by atoms with Gasteiger partial charge in [-0.2, -0.15) is 0 Å². The monoisotopic (exact) mass is 524 g/mol. The molecule has 3 fully saturated rings. The molecule has 184 valence electrons. The Kier molecular flexibility index (Phi) is 8.82. The summed E-state index contributed by atoms with van der Waals surface area (Å²) in [6.07, 6.45) is 3.39. The van der Waals surface area contributed by atoms with Gasteiger partial charge in [-0.15, -0.1) is 0 Å². The van der Waals surface area contributed by atoms with E-state index < -0.39 is 25.4 Å². The molecule has 0 aliphatic carbocycles. The summed E-state index contributed by atoms with van der Waals surface area (Å²) >= 11 is 0. The van der Waals surface area contributed by atoms with Crippen LogP contribution in [0.5, 0.6) is 5.75 Å². The van der Waals surface area contributed by atoms with Crippen molar-refractivity contribution in [1.29, 1.82) is 0 Å². The Morgan fingerprint density at radius 3 is 1.76 bits per heavy atom. The predicted octanol–water partition coefficient (Wildman–Crippen LogP) is 5.69. The first-order valence-corrected chi connectivity index (χ1v) is 15.2. The van der Waals surface area contributed by atoms with Gasteiger partial charge in [-0.1, -0.05) is 17.7 Å². The topological polar surface area (TPSA) is 64.6 Å². The maximum Gasteiger partial charge on any atom is 0.397 e. The molecule has 0 N–H and O–H groups in total. The second-order valence-corrected chi connectivity index (χ2v) is 12.6. The summed E-state index contributed by atoms with van der Waals surface area (Å²) in [4.78, 5) is 0. The van der Waals surface area contributed by atoms with Crippen molar-refractivity contribution in [2.45, 2.75) is 39.5 Å². The molecule has 3 aliphatic heterocycles. The number of rotatable bonds is 6. The first kappa shape index (κ1) is 25.0. The fourth-order valence-electron chi connectivity index (χ4n) is 3.98. The van der Waals surface area contributed by atoms with Crippen molar-refractivity contribution in [2.75, 3.05) is 39.6 Å². The molecule has 3 aliphatic rings. The highest BCUT2D eigenvalue weighted by molar-refractivity contribution is 7.58. The summed E-state index contributed by atoms with van der Waals surface area (Å²) in [5.41, 5.74) is 4.55. The van der Waals surface area contributed by atoms with Crippen LogP contribution in [0.3, 0.4) is 0 Å². The molecule has 0 unspecified atom stereocenters. The van der Waals surface area contributed by atoms with E-state index in [1.807, 2.05) is 6.07 Å². The number of hydrogen-bond acceptors (Lipinski definition) is 7. The fourth-order valence-corrected chi connectivity index (χ4v) is 8.49. The molecule has 2 aromatic carbocycles. The minimum Gasteiger partial charge on any atom is -0.426 e. The lowest BCUT2D eigenvalue weighted by molar-refractivity contribution is 0.147. The Labute approximate surface area is 205 Å². The Balaban J connectivity index is 1.53. The minimum absolute atomic E-state index is 0.655. The van der Waals surface area contributed by atoms with E-state index in [0.717, 1.165) is 52.3 Å². The molecule has 0 aromatic heterocycles. The van der Waals surface area contributed by atoms with Gasteiger partial charge in [-0.3, -0.25) is 0 Å². The second-order valence-electron chi connectivity index (χ2n) is 8.46. The van der Waals surface area contributed by atoms with Crippen molar-refractivity contribution >= 4 is 36.0 Å². The molecule has 34 heavy (non-hydrogen) atoms. The highest BCUT2D eigenvalue weighted by Crippen LogP contribution is 2.48. The van der Waals surface area contributed by atoms with E-state index in [9.17, 15) is 0 Å². The Bertz CT molecular complexity index is 932. The van der Waals surface area contributed by atoms with Crippen LogP contribution in [-0.2, 0) is 33.6 Å². The van der Waals surface area contributed by atoms with Gasteiger partial charge in [0, 0.05) is 17.0 Å². The lowest BCUT2D eigenvalue weighted by atomic mass is 10.0. The molecule has 5 rings (SSSR count). The van der Waals surface area contributed by atoms with E-state index in [1.165, 1.54) is 5.56 Å². The van der Waals surface area contributed by atoms with Crippen molar-refractivity contribution in [2.24, 2.45) is 0 Å². The third-order valence-electron chi connectivity index (χ3n) is 5.59. The first-order chi connectivity index (χ1) is 16.7. The van der Waals surface area contributed by atoms with Crippen LogP contribution in [0.4, 0.5) is 0 Å². The van der Waals surface area contributed by atoms with Crippen LogP contribution in [0.1, 0.15) is 41.5 Å². The van der Waals surface area contributed by atoms with Crippen LogP contribution in [-0.4, -0.2) is 39.6 Å². The zero-order valence-electron chi connectivity index (χ0n) is 19.7. The lowest BCUT2D eigenvalue weighted by Crippen LogP contribution is -2.27. The largest absolute Gasteiger partial charge is 0.426 e. The maximum atomic E-state index is 6.21. The van der Waals surface area contributed by atoms with Gasteiger partial charge < -0.3 is 31.7 Å². The summed E-state index contributed by atoms with van der Waals surface area (Å²) in [7, 11) is -3.70. The molecule has 7 nitrogen and oxygen atoms in total. The van der Waals surface area contributed by atoms with E-state index in [-0.39, 0.29) is 0 Å². The van der Waals surface area contributed by atoms with Crippen LogP contribution in [0.25, 0.3) is 0 Å². The van der Waals surface area contributed by atoms with Gasteiger partial charge in [0.05, 0.1) is 39.6 Å². The Morgan fingerprint density at radius 2 is 1.21 bits per heavy atom. The lowest BCUT2D eigenvalue weighted by Gasteiger charge is -2.29. The van der Waals surface area contributed by atoms with Crippen molar-refractivity contribution < 1.29 is 31.7 Å². The van der Waals surface area contributed by atoms with Crippen molar-refractivity contribution in [3.8, 4) is 5.75 Å². The van der Waals surface area contributed by atoms with E-state index in [1.54, 1.807) is 0 Å². The molecule has 0 spiro atoms. The quantitative estimate of drug-likeness (QED) is 0.451. The Hall–Kier alpha value is -0.710. The van der Waals surface area contributed by atoms with Gasteiger partial charge in [-0.25, -0.2) is 0 Å². The van der Waals surface area contributed by atoms with Crippen LogP contribution >= 0.6 is 25.4 Å². The van der Waals surface area contributed by atoms with Crippen LogP contribution in [0.2, 0.25) is 0 Å². The number of hydrogen-bond donors (Lipinski definition) is 0. The third-order valence-corrected chi connectivity index (χ3v) is 9.98. The number of aryl methyl sites for hydroxylation is 2. The average Bonchev–Trinajstić information content (AvgIpc) is 2.88. The molecule has 0 atom stereocenters. The van der Waals surface area contributed by atoms with Gasteiger partial charge in [0.25, 0.3) is 0 Å². The Morgan fingerprint density at radius 1 is 0.676 bits per heavy atom. The van der Waals surface area contributed by atoms with Gasteiger partial charge in [0.1, 0.15) is 5.75 Å². The minimum atomic E-state index is -1.38. The summed E-state index contributed by atoms with van der Waals surface area (Å²) in [6, 6.07) is 10.6. The highest BCUT2D eigenvalue weighted by Gasteiger charge is 2.30. The standard InChI is InChI=1S/C24H31O7P3/c1-18-6-7-22(31-34-29-12-5-13-30-34)20(14-18)17-21-23(32-25-8-3-9-26-32)15-19(2)16-24(21)33-27-10-4-11-28-33/h6-7,14-16H,3-5,8-13,17H2,1-2H3. The maximum absolute atomic E-state index is 6.21. The normalized spacial score (nSPS) is 21.0. The molecule has 3 heterocycles. The molecule has 0 bridgehead atoms. The summed E-state index contributed by atoms with van der Waals surface area (Å²) < 4.78 is 42.1. The molecule has 2 aromatic rings. The van der Waals surface area contributed by atoms with E-state index in [2.05, 4.69) is 38.1 Å². The van der Waals surface area contributed by atoms with E-state index in [0.29, 0.717) is 46.1 Å². The van der Waals surface area contributed by atoms with Crippen LogP contribution < -0.4 is 15.1 Å². The highest BCUT2D eigenvalue weighted by atomic mass is 31.2. The molecular weight excluding hydrogens is 493 g/mol. The average molecular weight is 524 g/mol. The molecule has 3 saturated heterocycles. The van der Waals surface area contributed by atoms with Gasteiger partial charge in [0.2, 0.25) is 16.8 Å². The molecule has 0 radical (unpaired) electrons. The van der Waals surface area contributed by atoms with Crippen molar-refractivity contribution in [1.82, 2.24) is 0 Å². The van der Waals surface area contributed by atoms with Crippen molar-refractivity contribution in [3.05, 3.63) is 52.6 Å².